The monoisotopic (exact) mass is 581 g/mol. The number of anilines is 1. The molecule has 0 radical (unpaired) electrons. The van der Waals surface area contributed by atoms with Crippen LogP contribution in [-0.2, 0) is 10.2 Å². The number of Topliss-reactive ketones (excluding diaryl/α,β-unsaturated/α-hetero) is 1. The second kappa shape index (κ2) is 13.9. The van der Waals surface area contributed by atoms with Crippen LogP contribution < -0.4 is 19.1 Å². The van der Waals surface area contributed by atoms with Gasteiger partial charge in [0.2, 0.25) is 5.16 Å². The summed E-state index contributed by atoms with van der Waals surface area (Å²) in [5, 5.41) is 13.2. The van der Waals surface area contributed by atoms with Crippen LogP contribution in [0.4, 0.5) is 5.69 Å². The minimum absolute atomic E-state index is 0.0101. The molecule has 0 N–H and O–H groups in total. The number of carbonyl (C=O) groups is 1. The van der Waals surface area contributed by atoms with Crippen LogP contribution in [0.25, 0.3) is 0 Å². The molecule has 2 heterocycles. The predicted molar refractivity (Wildman–Crippen MR) is 162 cm³/mol. The molecule has 41 heavy (non-hydrogen) atoms. The maximum absolute atomic E-state index is 13.5. The maximum atomic E-state index is 13.5. The molecule has 220 valence electrons. The molecule has 0 amide bonds. The standard InChI is InChI=1S/C30H39N5O5S/c1-7-39-26-10-9-21(15-27(26)40-8-2)18-32-35-20-31-33-29(35)41-19-25(36)22-16-23(30(3,4)5)28(37-6)24(17-22)34-11-13-38-14-12-34/h9-10,15-18,20H,7-8,11-14,19H2,1-6H3/b32-18+. The van der Waals surface area contributed by atoms with Gasteiger partial charge >= 0.3 is 0 Å². The lowest BCUT2D eigenvalue weighted by Gasteiger charge is -2.33. The molecule has 11 heteroatoms. The van der Waals surface area contributed by atoms with Crippen molar-refractivity contribution in [3.8, 4) is 17.2 Å². The first-order valence-corrected chi connectivity index (χ1v) is 14.8. The number of hydrogen-bond acceptors (Lipinski definition) is 10. The number of benzene rings is 2. The number of nitrogens with zero attached hydrogens (tertiary/aromatic N) is 5. The largest absolute Gasteiger partial charge is 0.494 e. The molecule has 1 aliphatic heterocycles. The van der Waals surface area contributed by atoms with Gasteiger partial charge in [-0.3, -0.25) is 4.79 Å². The summed E-state index contributed by atoms with van der Waals surface area (Å²) in [4.78, 5) is 15.7. The number of hydrogen-bond donors (Lipinski definition) is 0. The summed E-state index contributed by atoms with van der Waals surface area (Å²) in [6, 6.07) is 9.53. The first-order valence-electron chi connectivity index (χ1n) is 13.8. The van der Waals surface area contributed by atoms with Gasteiger partial charge in [-0.15, -0.1) is 10.2 Å². The fourth-order valence-corrected chi connectivity index (χ4v) is 5.23. The van der Waals surface area contributed by atoms with Gasteiger partial charge in [0.25, 0.3) is 0 Å². The van der Waals surface area contributed by atoms with Gasteiger partial charge in [-0.2, -0.15) is 9.78 Å². The van der Waals surface area contributed by atoms with Crippen molar-refractivity contribution >= 4 is 29.4 Å². The molecule has 0 aliphatic carbocycles. The highest BCUT2D eigenvalue weighted by molar-refractivity contribution is 7.99. The van der Waals surface area contributed by atoms with Gasteiger partial charge in [-0.05, 0) is 55.2 Å². The number of ether oxygens (including phenoxy) is 4. The number of thioether (sulfide) groups is 1. The summed E-state index contributed by atoms with van der Waals surface area (Å²) in [5.74, 6) is 2.33. The van der Waals surface area contributed by atoms with Gasteiger partial charge in [0.05, 0.1) is 51.2 Å². The van der Waals surface area contributed by atoms with Crippen molar-refractivity contribution in [2.24, 2.45) is 5.10 Å². The minimum atomic E-state index is -0.215. The summed E-state index contributed by atoms with van der Waals surface area (Å²) < 4.78 is 24.3. The van der Waals surface area contributed by atoms with Crippen molar-refractivity contribution in [2.45, 2.75) is 45.2 Å². The van der Waals surface area contributed by atoms with Gasteiger partial charge < -0.3 is 23.8 Å². The van der Waals surface area contributed by atoms with Crippen molar-refractivity contribution in [1.29, 1.82) is 0 Å². The summed E-state index contributed by atoms with van der Waals surface area (Å²) in [7, 11) is 1.68. The fraction of sp³-hybridized carbons (Fsp3) is 0.467. The van der Waals surface area contributed by atoms with E-state index < -0.39 is 0 Å². The van der Waals surface area contributed by atoms with Crippen molar-refractivity contribution in [1.82, 2.24) is 14.9 Å². The molecule has 3 aromatic rings. The lowest BCUT2D eigenvalue weighted by atomic mass is 9.84. The Hall–Kier alpha value is -3.57. The molecule has 1 fully saturated rings. The fourth-order valence-electron chi connectivity index (χ4n) is 4.47. The molecular formula is C30H39N5O5S. The molecule has 0 saturated carbocycles. The predicted octanol–water partition coefficient (Wildman–Crippen LogP) is 5.08. The maximum Gasteiger partial charge on any atom is 0.212 e. The van der Waals surface area contributed by atoms with Gasteiger partial charge in [0.1, 0.15) is 12.1 Å². The average molecular weight is 582 g/mol. The van der Waals surface area contributed by atoms with Crippen LogP contribution in [0.3, 0.4) is 0 Å². The molecule has 0 unspecified atom stereocenters. The molecule has 2 aromatic carbocycles. The highest BCUT2D eigenvalue weighted by atomic mass is 32.2. The lowest BCUT2D eigenvalue weighted by Crippen LogP contribution is -2.37. The first kappa shape index (κ1) is 30.4. The van der Waals surface area contributed by atoms with Crippen LogP contribution >= 0.6 is 11.8 Å². The molecular weight excluding hydrogens is 542 g/mol. The minimum Gasteiger partial charge on any atom is -0.494 e. The second-order valence-electron chi connectivity index (χ2n) is 10.4. The van der Waals surface area contributed by atoms with Crippen molar-refractivity contribution in [2.75, 3.05) is 57.3 Å². The highest BCUT2D eigenvalue weighted by Gasteiger charge is 2.27. The van der Waals surface area contributed by atoms with E-state index in [4.69, 9.17) is 18.9 Å². The van der Waals surface area contributed by atoms with Crippen LogP contribution in [0, 0.1) is 0 Å². The van der Waals surface area contributed by atoms with Crippen LogP contribution in [0.2, 0.25) is 0 Å². The Morgan fingerprint density at radius 2 is 1.83 bits per heavy atom. The quantitative estimate of drug-likeness (QED) is 0.165. The lowest BCUT2D eigenvalue weighted by molar-refractivity contribution is 0.102. The summed E-state index contributed by atoms with van der Waals surface area (Å²) in [6.07, 6.45) is 3.21. The average Bonchev–Trinajstić information content (AvgIpc) is 3.42. The van der Waals surface area contributed by atoms with Crippen molar-refractivity contribution in [3.05, 3.63) is 53.3 Å². The Kier molecular flexibility index (Phi) is 10.3. The SMILES string of the molecule is CCOc1ccc(/C=N/n2cnnc2SCC(=O)c2cc(N3CCOCC3)c(OC)c(C(C)(C)C)c2)cc1OCC. The van der Waals surface area contributed by atoms with Gasteiger partial charge in [-0.25, -0.2) is 0 Å². The van der Waals surface area contributed by atoms with E-state index in [1.165, 1.54) is 18.1 Å². The Bertz CT molecular complexity index is 1360. The smallest absolute Gasteiger partial charge is 0.212 e. The van der Waals surface area contributed by atoms with E-state index in [1.54, 1.807) is 18.0 Å². The van der Waals surface area contributed by atoms with Crippen LogP contribution in [0.15, 0.2) is 46.9 Å². The number of carbonyl (C=O) groups excluding carboxylic acids is 1. The molecule has 0 spiro atoms. The summed E-state index contributed by atoms with van der Waals surface area (Å²) in [6.45, 7) is 14.1. The van der Waals surface area contributed by atoms with E-state index in [0.29, 0.717) is 48.6 Å². The topological polar surface area (TPSA) is 100 Å². The van der Waals surface area contributed by atoms with E-state index >= 15 is 0 Å². The third-order valence-corrected chi connectivity index (χ3v) is 7.42. The second-order valence-corrected chi connectivity index (χ2v) is 11.4. The highest BCUT2D eigenvalue weighted by Crippen LogP contribution is 2.40. The van der Waals surface area contributed by atoms with Gasteiger partial charge in [0.15, 0.2) is 17.3 Å². The summed E-state index contributed by atoms with van der Waals surface area (Å²) >= 11 is 1.29. The van der Waals surface area contributed by atoms with Crippen molar-refractivity contribution in [3.63, 3.8) is 0 Å². The zero-order valence-corrected chi connectivity index (χ0v) is 25.5. The van der Waals surface area contributed by atoms with Crippen LogP contribution in [0.1, 0.15) is 56.1 Å². The normalized spacial score (nSPS) is 14.0. The number of aromatic nitrogens is 3. The number of rotatable bonds is 12. The van der Waals surface area contributed by atoms with E-state index in [9.17, 15) is 4.79 Å². The van der Waals surface area contributed by atoms with E-state index in [0.717, 1.165) is 35.7 Å². The first-order chi connectivity index (χ1) is 19.7. The molecule has 1 saturated heterocycles. The Morgan fingerprint density at radius 3 is 2.51 bits per heavy atom. The molecule has 4 rings (SSSR count). The third kappa shape index (κ3) is 7.59. The Morgan fingerprint density at radius 1 is 1.10 bits per heavy atom. The molecule has 0 atom stereocenters. The molecule has 0 bridgehead atoms. The van der Waals surface area contributed by atoms with E-state index in [2.05, 4.69) is 41.0 Å². The molecule has 10 nitrogen and oxygen atoms in total. The van der Waals surface area contributed by atoms with Crippen molar-refractivity contribution < 1.29 is 23.7 Å². The van der Waals surface area contributed by atoms with Crippen LogP contribution in [0.5, 0.6) is 17.2 Å². The zero-order valence-electron chi connectivity index (χ0n) is 24.7. The third-order valence-electron chi connectivity index (χ3n) is 6.49. The summed E-state index contributed by atoms with van der Waals surface area (Å²) in [5.41, 5.74) is 3.17. The number of morpholine rings is 1. The molecule has 1 aliphatic rings. The Labute approximate surface area is 246 Å². The number of methoxy groups -OCH3 is 1. The molecule has 1 aromatic heterocycles. The Balaban J connectivity index is 1.52. The van der Waals surface area contributed by atoms with Gasteiger partial charge in [-0.1, -0.05) is 32.5 Å². The van der Waals surface area contributed by atoms with Gasteiger partial charge in [0, 0.05) is 24.2 Å². The van der Waals surface area contributed by atoms with E-state index in [-0.39, 0.29) is 17.0 Å². The van der Waals surface area contributed by atoms with E-state index in [1.807, 2.05) is 44.2 Å². The number of ketones is 1. The van der Waals surface area contributed by atoms with Crippen LogP contribution in [-0.4, -0.2) is 79.3 Å². The zero-order chi connectivity index (χ0) is 29.4.